The number of aromatic carboxylic acids is 1. The van der Waals surface area contributed by atoms with Gasteiger partial charge in [0.2, 0.25) is 0 Å². The predicted octanol–water partition coefficient (Wildman–Crippen LogP) is 4.36. The van der Waals surface area contributed by atoms with Gasteiger partial charge in [-0.15, -0.1) is 0 Å². The van der Waals surface area contributed by atoms with Crippen LogP contribution >= 0.6 is 23.2 Å². The van der Waals surface area contributed by atoms with Crippen molar-refractivity contribution in [1.29, 1.82) is 0 Å². The molecule has 0 radical (unpaired) electrons. The molecule has 0 spiro atoms. The van der Waals surface area contributed by atoms with Gasteiger partial charge in [-0.05, 0) is 23.8 Å². The van der Waals surface area contributed by atoms with E-state index in [4.69, 9.17) is 28.3 Å². The third-order valence-electron chi connectivity index (χ3n) is 2.39. The molecule has 0 aliphatic heterocycles. The van der Waals surface area contributed by atoms with Crippen molar-refractivity contribution in [2.45, 2.75) is 0 Å². The monoisotopic (exact) mass is 266 g/mol. The molecule has 0 atom stereocenters. The molecule has 2 aromatic rings. The number of halogens is 2. The smallest absolute Gasteiger partial charge is 0.336 e. The van der Waals surface area contributed by atoms with Gasteiger partial charge in [0, 0.05) is 15.6 Å². The van der Waals surface area contributed by atoms with Gasteiger partial charge < -0.3 is 5.11 Å². The molecule has 0 unspecified atom stereocenters. The molecule has 2 aromatic carbocycles. The zero-order valence-electron chi connectivity index (χ0n) is 8.65. The highest BCUT2D eigenvalue weighted by molar-refractivity contribution is 6.39. The maximum absolute atomic E-state index is 11.1. The third-order valence-corrected chi connectivity index (χ3v) is 3.02. The maximum Gasteiger partial charge on any atom is 0.336 e. The lowest BCUT2D eigenvalue weighted by Crippen LogP contribution is -1.99. The molecule has 0 aliphatic rings. The van der Waals surface area contributed by atoms with Crippen molar-refractivity contribution in [3.8, 4) is 11.1 Å². The molecule has 0 saturated carbocycles. The molecule has 0 amide bonds. The van der Waals surface area contributed by atoms with E-state index < -0.39 is 5.97 Å². The van der Waals surface area contributed by atoms with E-state index >= 15 is 0 Å². The molecule has 17 heavy (non-hydrogen) atoms. The molecule has 0 bridgehead atoms. The van der Waals surface area contributed by atoms with Crippen LogP contribution in [0, 0.1) is 0 Å². The van der Waals surface area contributed by atoms with Gasteiger partial charge in [-0.25, -0.2) is 4.79 Å². The van der Waals surface area contributed by atoms with Crippen LogP contribution < -0.4 is 0 Å². The first-order valence-electron chi connectivity index (χ1n) is 4.88. The lowest BCUT2D eigenvalue weighted by molar-refractivity contribution is 0.0698. The largest absolute Gasteiger partial charge is 0.478 e. The van der Waals surface area contributed by atoms with Gasteiger partial charge in [0.05, 0.1) is 5.56 Å². The normalized spacial score (nSPS) is 10.2. The van der Waals surface area contributed by atoms with Crippen molar-refractivity contribution < 1.29 is 9.90 Å². The number of rotatable bonds is 2. The molecule has 4 heteroatoms. The second-order valence-corrected chi connectivity index (χ2v) is 4.26. The molecule has 2 nitrogen and oxygen atoms in total. The van der Waals surface area contributed by atoms with Crippen LogP contribution in [0.3, 0.4) is 0 Å². The summed E-state index contributed by atoms with van der Waals surface area (Å²) in [5, 5.41) is 10.00. The Kier molecular flexibility index (Phi) is 3.36. The third kappa shape index (κ3) is 2.28. The molecule has 0 aromatic heterocycles. The molecule has 0 heterocycles. The number of hydrogen-bond donors (Lipinski definition) is 1. The number of carbonyl (C=O) groups is 1. The zero-order chi connectivity index (χ0) is 12.4. The fourth-order valence-corrected chi connectivity index (χ4v) is 2.24. The maximum atomic E-state index is 11.1. The molecular weight excluding hydrogens is 259 g/mol. The molecule has 0 fully saturated rings. The van der Waals surface area contributed by atoms with Crippen molar-refractivity contribution in [2.24, 2.45) is 0 Å². The van der Waals surface area contributed by atoms with Gasteiger partial charge in [-0.2, -0.15) is 0 Å². The summed E-state index contributed by atoms with van der Waals surface area (Å²) in [6.45, 7) is 0. The van der Waals surface area contributed by atoms with Crippen LogP contribution in [0.25, 0.3) is 11.1 Å². The van der Waals surface area contributed by atoms with Crippen molar-refractivity contribution >= 4 is 29.2 Å². The fraction of sp³-hybridized carbons (Fsp3) is 0. The van der Waals surface area contributed by atoms with Crippen LogP contribution in [-0.2, 0) is 0 Å². The SMILES string of the molecule is O=C(O)c1ccccc1-c1c(Cl)cccc1Cl. The second-order valence-electron chi connectivity index (χ2n) is 3.45. The van der Waals surface area contributed by atoms with Gasteiger partial charge in [0.15, 0.2) is 0 Å². The van der Waals surface area contributed by atoms with Gasteiger partial charge in [-0.1, -0.05) is 47.5 Å². The van der Waals surface area contributed by atoms with Crippen molar-refractivity contribution in [3.05, 3.63) is 58.1 Å². The van der Waals surface area contributed by atoms with E-state index in [-0.39, 0.29) is 5.56 Å². The van der Waals surface area contributed by atoms with Crippen molar-refractivity contribution in [2.75, 3.05) is 0 Å². The Labute approximate surface area is 108 Å². The lowest BCUT2D eigenvalue weighted by Gasteiger charge is -2.09. The highest BCUT2D eigenvalue weighted by atomic mass is 35.5. The molecule has 86 valence electrons. The highest BCUT2D eigenvalue weighted by Crippen LogP contribution is 2.36. The average molecular weight is 267 g/mol. The summed E-state index contributed by atoms with van der Waals surface area (Å²) in [6, 6.07) is 11.7. The summed E-state index contributed by atoms with van der Waals surface area (Å²) in [4.78, 5) is 11.1. The van der Waals surface area contributed by atoms with E-state index in [1.54, 1.807) is 36.4 Å². The summed E-state index contributed by atoms with van der Waals surface area (Å²) in [5.41, 5.74) is 1.26. The standard InChI is InChI=1S/C13H8Cl2O2/c14-10-6-3-7-11(15)12(10)8-4-1-2-5-9(8)13(16)17/h1-7H,(H,16,17). The van der Waals surface area contributed by atoms with Crippen molar-refractivity contribution in [3.63, 3.8) is 0 Å². The Morgan fingerprint density at radius 3 is 2.12 bits per heavy atom. The Balaban J connectivity index is 2.73. The van der Waals surface area contributed by atoms with Crippen molar-refractivity contribution in [1.82, 2.24) is 0 Å². The molecule has 0 aliphatic carbocycles. The average Bonchev–Trinajstić information content (AvgIpc) is 2.29. The summed E-state index contributed by atoms with van der Waals surface area (Å²) in [5.74, 6) is -1.00. The first kappa shape index (κ1) is 12.0. The van der Waals surface area contributed by atoms with E-state index in [0.29, 0.717) is 21.2 Å². The van der Waals surface area contributed by atoms with E-state index in [1.807, 2.05) is 0 Å². The molecule has 0 saturated heterocycles. The lowest BCUT2D eigenvalue weighted by atomic mass is 10.00. The second kappa shape index (κ2) is 4.78. The van der Waals surface area contributed by atoms with E-state index in [1.165, 1.54) is 6.07 Å². The predicted molar refractivity (Wildman–Crippen MR) is 68.9 cm³/mol. The molecular formula is C13H8Cl2O2. The van der Waals surface area contributed by atoms with E-state index in [9.17, 15) is 4.79 Å². The minimum absolute atomic E-state index is 0.183. The van der Waals surface area contributed by atoms with Gasteiger partial charge >= 0.3 is 5.97 Å². The van der Waals surface area contributed by atoms with Crippen LogP contribution in [0.15, 0.2) is 42.5 Å². The zero-order valence-corrected chi connectivity index (χ0v) is 10.2. The highest BCUT2D eigenvalue weighted by Gasteiger charge is 2.15. The summed E-state index contributed by atoms with van der Waals surface area (Å²) < 4.78 is 0. The van der Waals surface area contributed by atoms with Gasteiger partial charge in [0.25, 0.3) is 0 Å². The Bertz CT molecular complexity index is 559. The van der Waals surface area contributed by atoms with Crippen LogP contribution in [0.4, 0.5) is 0 Å². The van der Waals surface area contributed by atoms with E-state index in [2.05, 4.69) is 0 Å². The topological polar surface area (TPSA) is 37.3 Å². The van der Waals surface area contributed by atoms with Gasteiger partial charge in [0.1, 0.15) is 0 Å². The number of benzene rings is 2. The van der Waals surface area contributed by atoms with Crippen LogP contribution in [0.5, 0.6) is 0 Å². The summed E-state index contributed by atoms with van der Waals surface area (Å²) >= 11 is 12.1. The first-order chi connectivity index (χ1) is 8.11. The Morgan fingerprint density at radius 2 is 1.53 bits per heavy atom. The summed E-state index contributed by atoms with van der Waals surface area (Å²) in [7, 11) is 0. The van der Waals surface area contributed by atoms with Crippen LogP contribution in [0.2, 0.25) is 10.0 Å². The minimum Gasteiger partial charge on any atom is -0.478 e. The van der Waals surface area contributed by atoms with Crippen LogP contribution in [0.1, 0.15) is 10.4 Å². The number of hydrogen-bond acceptors (Lipinski definition) is 1. The van der Waals surface area contributed by atoms with Crippen LogP contribution in [-0.4, -0.2) is 11.1 Å². The molecule has 2 rings (SSSR count). The molecule has 1 N–H and O–H groups in total. The first-order valence-corrected chi connectivity index (χ1v) is 5.63. The minimum atomic E-state index is -1.00. The number of carboxylic acid groups (broad SMARTS) is 1. The summed E-state index contributed by atoms with van der Waals surface area (Å²) in [6.07, 6.45) is 0. The fourth-order valence-electron chi connectivity index (χ4n) is 1.64. The Hall–Kier alpha value is -1.51. The van der Waals surface area contributed by atoms with Gasteiger partial charge in [-0.3, -0.25) is 0 Å². The Morgan fingerprint density at radius 1 is 0.941 bits per heavy atom. The number of carboxylic acids is 1. The van der Waals surface area contributed by atoms with E-state index in [0.717, 1.165) is 0 Å². The quantitative estimate of drug-likeness (QED) is 0.877.